The highest BCUT2D eigenvalue weighted by Gasteiger charge is 2.25. The molecule has 2 unspecified atom stereocenters. The maximum Gasteiger partial charge on any atom is 0.350 e. The molecule has 0 radical (unpaired) electrons. The smallest absolute Gasteiger partial charge is 0.350 e. The molecule has 170 valence electrons. The fraction of sp³-hybridized carbons (Fsp3) is 0.500. The van der Waals surface area contributed by atoms with Gasteiger partial charge in [0.05, 0.1) is 18.3 Å². The summed E-state index contributed by atoms with van der Waals surface area (Å²) >= 11 is 1.37. The minimum absolute atomic E-state index is 0. The lowest BCUT2D eigenvalue weighted by molar-refractivity contribution is 0.0531. The van der Waals surface area contributed by atoms with Crippen LogP contribution < -0.4 is 15.5 Å². The zero-order valence-electron chi connectivity index (χ0n) is 18.8. The Morgan fingerprint density at radius 1 is 1.42 bits per heavy atom. The Hall–Kier alpha value is -1.88. The van der Waals surface area contributed by atoms with Gasteiger partial charge in [0.25, 0.3) is 0 Å². The number of guanidine groups is 1. The molecule has 31 heavy (non-hydrogen) atoms. The lowest BCUT2D eigenvalue weighted by atomic mass is 10.1. The van der Waals surface area contributed by atoms with E-state index in [0.717, 1.165) is 24.5 Å². The number of thiazole rings is 1. The molecule has 2 N–H and O–H groups in total. The van der Waals surface area contributed by atoms with Crippen LogP contribution >= 0.6 is 35.3 Å². The fourth-order valence-electron chi connectivity index (χ4n) is 3.72. The van der Waals surface area contributed by atoms with Crippen molar-refractivity contribution >= 4 is 52.9 Å². The van der Waals surface area contributed by atoms with Crippen LogP contribution in [0.25, 0.3) is 0 Å². The predicted octanol–water partition coefficient (Wildman–Crippen LogP) is 3.92. The van der Waals surface area contributed by atoms with Gasteiger partial charge in [0.15, 0.2) is 5.96 Å². The fourth-order valence-corrected chi connectivity index (χ4v) is 4.68. The first-order valence-electron chi connectivity index (χ1n) is 10.4. The molecule has 2 atom stereocenters. The van der Waals surface area contributed by atoms with Crippen molar-refractivity contribution in [2.24, 2.45) is 4.99 Å². The summed E-state index contributed by atoms with van der Waals surface area (Å²) in [6, 6.07) is 9.03. The standard InChI is InChI=1S/C22H31N5O2S.HI/c1-6-29-21(28)19-15(3)25-20(30-19)16(4)26-22(23-5)24-11-12-27-14(2)13-17-9-7-8-10-18(17)27;/h7-10,14,16H,6,11-13H2,1-5H3,(H2,23,24,26);1H. The first-order chi connectivity index (χ1) is 14.4. The zero-order valence-corrected chi connectivity index (χ0v) is 21.9. The van der Waals surface area contributed by atoms with Crippen molar-refractivity contribution in [1.82, 2.24) is 15.6 Å². The van der Waals surface area contributed by atoms with Crippen LogP contribution in [0, 0.1) is 6.92 Å². The number of ether oxygens (including phenoxy) is 1. The van der Waals surface area contributed by atoms with Gasteiger partial charge in [0.1, 0.15) is 9.88 Å². The normalized spacial score (nSPS) is 16.4. The third-order valence-corrected chi connectivity index (χ3v) is 6.53. The maximum atomic E-state index is 12.0. The molecule has 9 heteroatoms. The van der Waals surface area contributed by atoms with Gasteiger partial charge in [-0.05, 0) is 45.7 Å². The minimum atomic E-state index is -0.312. The number of aromatic nitrogens is 1. The first kappa shape index (κ1) is 25.4. The van der Waals surface area contributed by atoms with Crippen LogP contribution in [0.5, 0.6) is 0 Å². The maximum absolute atomic E-state index is 12.0. The highest BCUT2D eigenvalue weighted by Crippen LogP contribution is 2.31. The third kappa shape index (κ3) is 6.09. The number of rotatable bonds is 7. The number of benzene rings is 1. The van der Waals surface area contributed by atoms with Gasteiger partial charge < -0.3 is 20.3 Å². The number of nitrogens with zero attached hydrogens (tertiary/aromatic N) is 3. The van der Waals surface area contributed by atoms with Crippen LogP contribution in [0.1, 0.15) is 52.7 Å². The van der Waals surface area contributed by atoms with Gasteiger partial charge in [-0.3, -0.25) is 4.99 Å². The van der Waals surface area contributed by atoms with Crippen molar-refractivity contribution < 1.29 is 9.53 Å². The van der Waals surface area contributed by atoms with Gasteiger partial charge >= 0.3 is 5.97 Å². The number of fused-ring (bicyclic) bond motifs is 1. The van der Waals surface area contributed by atoms with E-state index >= 15 is 0 Å². The van der Waals surface area contributed by atoms with Gasteiger partial charge in [-0.15, -0.1) is 35.3 Å². The number of aliphatic imine (C=N–C) groups is 1. The Morgan fingerprint density at radius 2 is 2.16 bits per heavy atom. The molecule has 2 aromatic rings. The SMILES string of the molecule is CCOC(=O)c1sc(C(C)NC(=NC)NCCN2c3ccccc3CC2C)nc1C.I. The summed E-state index contributed by atoms with van der Waals surface area (Å²) in [5.74, 6) is 0.404. The average Bonchev–Trinajstić information content (AvgIpc) is 3.27. The van der Waals surface area contributed by atoms with Gasteiger partial charge in [0, 0.05) is 31.9 Å². The second kappa shape index (κ2) is 11.7. The zero-order chi connectivity index (χ0) is 21.7. The van der Waals surface area contributed by atoms with E-state index in [4.69, 9.17) is 4.74 Å². The van der Waals surface area contributed by atoms with E-state index < -0.39 is 0 Å². The summed E-state index contributed by atoms with van der Waals surface area (Å²) in [4.78, 5) is 23.9. The van der Waals surface area contributed by atoms with Gasteiger partial charge in [-0.25, -0.2) is 9.78 Å². The largest absolute Gasteiger partial charge is 0.462 e. The van der Waals surface area contributed by atoms with E-state index in [1.165, 1.54) is 22.6 Å². The summed E-state index contributed by atoms with van der Waals surface area (Å²) in [6.45, 7) is 9.94. The Balaban J connectivity index is 0.00000341. The van der Waals surface area contributed by atoms with Crippen LogP contribution in [0.3, 0.4) is 0 Å². The second-order valence-corrected chi connectivity index (χ2v) is 8.46. The topological polar surface area (TPSA) is 78.8 Å². The molecular formula is C22H32IN5O2S. The van der Waals surface area contributed by atoms with Gasteiger partial charge in [-0.2, -0.15) is 0 Å². The average molecular weight is 558 g/mol. The number of hydrogen-bond acceptors (Lipinski definition) is 6. The number of aryl methyl sites for hydroxylation is 1. The van der Waals surface area contributed by atoms with E-state index in [1.54, 1.807) is 14.0 Å². The highest BCUT2D eigenvalue weighted by molar-refractivity contribution is 14.0. The lowest BCUT2D eigenvalue weighted by Gasteiger charge is -2.25. The Labute approximate surface area is 205 Å². The molecule has 3 rings (SSSR count). The number of carbonyl (C=O) groups excluding carboxylic acids is 1. The Morgan fingerprint density at radius 3 is 2.87 bits per heavy atom. The summed E-state index contributed by atoms with van der Waals surface area (Å²) in [7, 11) is 1.76. The summed E-state index contributed by atoms with van der Waals surface area (Å²) in [6.07, 6.45) is 1.09. The number of halogens is 1. The Bertz CT molecular complexity index is 917. The van der Waals surface area contributed by atoms with Gasteiger partial charge in [-0.1, -0.05) is 18.2 Å². The molecule has 0 fully saturated rings. The molecule has 0 bridgehead atoms. The van der Waals surface area contributed by atoms with Crippen LogP contribution in [-0.2, 0) is 11.2 Å². The molecule has 1 aliphatic rings. The third-order valence-electron chi connectivity index (χ3n) is 5.21. The molecule has 2 heterocycles. The quantitative estimate of drug-likeness (QED) is 0.233. The molecule has 0 saturated heterocycles. The van der Waals surface area contributed by atoms with Crippen LogP contribution in [0.15, 0.2) is 29.3 Å². The number of anilines is 1. The molecular weight excluding hydrogens is 525 g/mol. The molecule has 0 aliphatic carbocycles. The number of para-hydroxylation sites is 1. The van der Waals surface area contributed by atoms with Crippen molar-refractivity contribution in [1.29, 1.82) is 0 Å². The van der Waals surface area contributed by atoms with Crippen LogP contribution in [0.2, 0.25) is 0 Å². The van der Waals surface area contributed by atoms with E-state index in [-0.39, 0.29) is 36.0 Å². The van der Waals surface area contributed by atoms with Crippen molar-refractivity contribution in [3.05, 3.63) is 45.4 Å². The molecule has 1 aromatic carbocycles. The molecule has 0 spiro atoms. The van der Waals surface area contributed by atoms with E-state index in [0.29, 0.717) is 29.2 Å². The van der Waals surface area contributed by atoms with Gasteiger partial charge in [0.2, 0.25) is 0 Å². The molecule has 7 nitrogen and oxygen atoms in total. The number of hydrogen-bond donors (Lipinski definition) is 2. The number of nitrogens with one attached hydrogen (secondary N) is 2. The van der Waals surface area contributed by atoms with E-state index in [1.807, 2.05) is 13.8 Å². The van der Waals surface area contributed by atoms with E-state index in [9.17, 15) is 4.79 Å². The summed E-state index contributed by atoms with van der Waals surface area (Å²) < 4.78 is 5.11. The molecule has 1 aliphatic heterocycles. The number of carbonyl (C=O) groups is 1. The van der Waals surface area contributed by atoms with Crippen molar-refractivity contribution in [2.75, 3.05) is 31.6 Å². The highest BCUT2D eigenvalue weighted by atomic mass is 127. The van der Waals surface area contributed by atoms with Crippen molar-refractivity contribution in [3.63, 3.8) is 0 Å². The number of esters is 1. The summed E-state index contributed by atoms with van der Waals surface area (Å²) in [5, 5.41) is 7.60. The lowest BCUT2D eigenvalue weighted by Crippen LogP contribution is -2.43. The van der Waals surface area contributed by atoms with Crippen molar-refractivity contribution in [3.8, 4) is 0 Å². The molecule has 0 amide bonds. The predicted molar refractivity (Wildman–Crippen MR) is 138 cm³/mol. The van der Waals surface area contributed by atoms with E-state index in [2.05, 4.69) is 56.7 Å². The molecule has 0 saturated carbocycles. The summed E-state index contributed by atoms with van der Waals surface area (Å²) in [5.41, 5.74) is 3.44. The second-order valence-electron chi connectivity index (χ2n) is 7.43. The van der Waals surface area contributed by atoms with Crippen molar-refractivity contribution in [2.45, 2.75) is 46.2 Å². The molecule has 1 aromatic heterocycles. The van der Waals surface area contributed by atoms with Crippen LogP contribution in [-0.4, -0.2) is 49.7 Å². The minimum Gasteiger partial charge on any atom is -0.462 e. The Kier molecular flexibility index (Phi) is 9.54. The monoisotopic (exact) mass is 557 g/mol. The van der Waals surface area contributed by atoms with Crippen LogP contribution in [0.4, 0.5) is 5.69 Å². The first-order valence-corrected chi connectivity index (χ1v) is 11.2.